The fourth-order valence-electron chi connectivity index (χ4n) is 2.73. The molecule has 1 heterocycles. The molecule has 2 unspecified atom stereocenters. The molecule has 1 aliphatic rings. The Morgan fingerprint density at radius 1 is 1.18 bits per heavy atom. The van der Waals surface area contributed by atoms with Gasteiger partial charge in [0.1, 0.15) is 5.75 Å². The van der Waals surface area contributed by atoms with E-state index in [4.69, 9.17) is 4.74 Å². The van der Waals surface area contributed by atoms with Crippen LogP contribution in [0.3, 0.4) is 0 Å². The van der Waals surface area contributed by atoms with Crippen LogP contribution in [0.1, 0.15) is 23.7 Å². The van der Waals surface area contributed by atoms with E-state index in [1.807, 2.05) is 0 Å². The van der Waals surface area contributed by atoms with Crippen LogP contribution in [0.15, 0.2) is 48.5 Å². The number of aliphatic hydroxyl groups excluding tert-OH is 1. The van der Waals surface area contributed by atoms with Crippen LogP contribution in [0.2, 0.25) is 0 Å². The maximum absolute atomic E-state index is 12.1. The summed E-state index contributed by atoms with van der Waals surface area (Å²) < 4.78 is 5.07. The quantitative estimate of drug-likeness (QED) is 0.806. The smallest absolute Gasteiger partial charge is 0.261 e. The summed E-state index contributed by atoms with van der Waals surface area (Å²) in [5, 5.41) is 23.8. The van der Waals surface area contributed by atoms with Gasteiger partial charge < -0.3 is 20.3 Å². The first-order valence-electron chi connectivity index (χ1n) is 7.00. The van der Waals surface area contributed by atoms with Gasteiger partial charge in [0.05, 0.1) is 13.2 Å². The van der Waals surface area contributed by atoms with Crippen molar-refractivity contribution in [1.82, 2.24) is 0 Å². The van der Waals surface area contributed by atoms with Crippen LogP contribution >= 0.6 is 0 Å². The van der Waals surface area contributed by atoms with E-state index < -0.39 is 17.6 Å². The molecule has 5 nitrogen and oxygen atoms in total. The molecule has 114 valence electrons. The molecule has 1 aliphatic heterocycles. The summed E-state index contributed by atoms with van der Waals surface area (Å²) in [6.07, 6.45) is -1.07. The molecule has 2 aromatic rings. The second kappa shape index (κ2) is 5.44. The van der Waals surface area contributed by atoms with E-state index in [1.165, 1.54) is 0 Å². The number of rotatable bonds is 4. The highest BCUT2D eigenvalue weighted by molar-refractivity contribution is 6.04. The second-order valence-corrected chi connectivity index (χ2v) is 5.35. The summed E-state index contributed by atoms with van der Waals surface area (Å²) in [4.78, 5) is 12.1. The van der Waals surface area contributed by atoms with Crippen LogP contribution in [0.25, 0.3) is 0 Å². The molecule has 5 heteroatoms. The minimum Gasteiger partial charge on any atom is -0.497 e. The molecule has 0 fully saturated rings. The van der Waals surface area contributed by atoms with Crippen molar-refractivity contribution in [2.24, 2.45) is 0 Å². The van der Waals surface area contributed by atoms with Crippen molar-refractivity contribution in [2.75, 3.05) is 12.4 Å². The Bertz CT molecular complexity index is 698. The predicted octanol–water partition coefficient (Wildman–Crippen LogP) is 1.96. The van der Waals surface area contributed by atoms with Gasteiger partial charge in [-0.1, -0.05) is 30.3 Å². The predicted molar refractivity (Wildman–Crippen MR) is 81.5 cm³/mol. The van der Waals surface area contributed by atoms with Gasteiger partial charge >= 0.3 is 0 Å². The van der Waals surface area contributed by atoms with E-state index in [0.29, 0.717) is 22.6 Å². The van der Waals surface area contributed by atoms with E-state index >= 15 is 0 Å². The maximum atomic E-state index is 12.1. The monoisotopic (exact) mass is 299 g/mol. The van der Waals surface area contributed by atoms with Gasteiger partial charge in [0.2, 0.25) is 0 Å². The number of anilines is 1. The molecule has 0 spiro atoms. The third kappa shape index (κ3) is 2.34. The number of carbonyl (C=O) groups is 1. The van der Waals surface area contributed by atoms with Crippen LogP contribution in [0, 0.1) is 0 Å². The zero-order valence-electron chi connectivity index (χ0n) is 12.1. The molecule has 2 atom stereocenters. The summed E-state index contributed by atoms with van der Waals surface area (Å²) in [7, 11) is 1.56. The van der Waals surface area contributed by atoms with Gasteiger partial charge in [-0.2, -0.15) is 0 Å². The number of carbonyl (C=O) groups excluding carboxylic acids is 1. The molecule has 0 saturated heterocycles. The summed E-state index contributed by atoms with van der Waals surface area (Å²) >= 11 is 0. The minimum absolute atomic E-state index is 0.109. The van der Waals surface area contributed by atoms with Crippen LogP contribution in [0.4, 0.5) is 5.69 Å². The SMILES string of the molecule is COc1ccc(C(O)CC2(O)C(=O)Nc3ccccc32)cc1. The van der Waals surface area contributed by atoms with Gasteiger partial charge in [-0.15, -0.1) is 0 Å². The molecule has 22 heavy (non-hydrogen) atoms. The van der Waals surface area contributed by atoms with Crippen LogP contribution < -0.4 is 10.1 Å². The molecule has 2 aromatic carbocycles. The number of benzene rings is 2. The standard InChI is InChI=1S/C17H17NO4/c1-22-12-8-6-11(7-9-12)15(19)10-17(21)13-4-2-3-5-14(13)18-16(17)20/h2-9,15,19,21H,10H2,1H3,(H,18,20). The van der Waals surface area contributed by atoms with E-state index in [0.717, 1.165) is 0 Å². The van der Waals surface area contributed by atoms with Gasteiger partial charge in [0.15, 0.2) is 5.60 Å². The lowest BCUT2D eigenvalue weighted by molar-refractivity contribution is -0.137. The van der Waals surface area contributed by atoms with Crippen LogP contribution in [0.5, 0.6) is 5.75 Å². The van der Waals surface area contributed by atoms with E-state index in [-0.39, 0.29) is 6.42 Å². The minimum atomic E-state index is -1.73. The molecule has 0 saturated carbocycles. The molecule has 3 N–H and O–H groups in total. The molecule has 3 rings (SSSR count). The Morgan fingerprint density at radius 2 is 1.86 bits per heavy atom. The van der Waals surface area contributed by atoms with Gasteiger partial charge in [-0.25, -0.2) is 0 Å². The van der Waals surface area contributed by atoms with E-state index in [2.05, 4.69) is 5.32 Å². The highest BCUT2D eigenvalue weighted by Crippen LogP contribution is 2.41. The number of para-hydroxylation sites is 1. The average Bonchev–Trinajstić information content (AvgIpc) is 2.79. The van der Waals surface area contributed by atoms with Crippen LogP contribution in [-0.2, 0) is 10.4 Å². The fraction of sp³-hybridized carbons (Fsp3) is 0.235. The highest BCUT2D eigenvalue weighted by Gasteiger charge is 2.46. The van der Waals surface area contributed by atoms with Crippen molar-refractivity contribution in [3.63, 3.8) is 0 Å². The molecule has 0 radical (unpaired) electrons. The molecule has 0 aliphatic carbocycles. The number of fused-ring (bicyclic) bond motifs is 1. The first kappa shape index (κ1) is 14.6. The van der Waals surface area contributed by atoms with Gasteiger partial charge in [0, 0.05) is 17.7 Å². The number of nitrogens with one attached hydrogen (secondary N) is 1. The Labute approximate surface area is 128 Å². The van der Waals surface area contributed by atoms with Crippen molar-refractivity contribution in [3.8, 4) is 5.75 Å². The number of hydrogen-bond donors (Lipinski definition) is 3. The van der Waals surface area contributed by atoms with Crippen molar-refractivity contribution in [2.45, 2.75) is 18.1 Å². The summed E-state index contributed by atoms with van der Waals surface area (Å²) in [5.41, 5.74) is -0.0356. The number of aliphatic hydroxyl groups is 2. The third-order valence-electron chi connectivity index (χ3n) is 3.99. The maximum Gasteiger partial charge on any atom is 0.261 e. The fourth-order valence-corrected chi connectivity index (χ4v) is 2.73. The number of methoxy groups -OCH3 is 1. The Morgan fingerprint density at radius 3 is 2.55 bits per heavy atom. The first-order valence-corrected chi connectivity index (χ1v) is 7.00. The van der Waals surface area contributed by atoms with Gasteiger partial charge in [0.25, 0.3) is 5.91 Å². The zero-order valence-corrected chi connectivity index (χ0v) is 12.1. The van der Waals surface area contributed by atoms with E-state index in [9.17, 15) is 15.0 Å². The average molecular weight is 299 g/mol. The van der Waals surface area contributed by atoms with Crippen molar-refractivity contribution in [1.29, 1.82) is 0 Å². The summed E-state index contributed by atoms with van der Waals surface area (Å²) in [5.74, 6) is 0.167. The summed E-state index contributed by atoms with van der Waals surface area (Å²) in [6, 6.07) is 13.8. The topological polar surface area (TPSA) is 78.8 Å². The first-order chi connectivity index (χ1) is 10.5. The molecule has 0 aromatic heterocycles. The molecular weight excluding hydrogens is 282 g/mol. The van der Waals surface area contributed by atoms with Crippen molar-refractivity contribution >= 4 is 11.6 Å². The zero-order chi connectivity index (χ0) is 15.7. The number of amides is 1. The van der Waals surface area contributed by atoms with Gasteiger partial charge in [-0.05, 0) is 23.8 Å². The van der Waals surface area contributed by atoms with Gasteiger partial charge in [-0.3, -0.25) is 4.79 Å². The Kier molecular flexibility index (Phi) is 3.60. The summed E-state index contributed by atoms with van der Waals surface area (Å²) in [6.45, 7) is 0. The molecule has 0 bridgehead atoms. The van der Waals surface area contributed by atoms with Crippen LogP contribution in [-0.4, -0.2) is 23.2 Å². The lowest BCUT2D eigenvalue weighted by atomic mass is 9.87. The van der Waals surface area contributed by atoms with Crippen molar-refractivity contribution < 1.29 is 19.7 Å². The highest BCUT2D eigenvalue weighted by atomic mass is 16.5. The lowest BCUT2D eigenvalue weighted by Crippen LogP contribution is -2.35. The lowest BCUT2D eigenvalue weighted by Gasteiger charge is -2.24. The Balaban J connectivity index is 1.86. The second-order valence-electron chi connectivity index (χ2n) is 5.35. The molecular formula is C17H17NO4. The van der Waals surface area contributed by atoms with Crippen molar-refractivity contribution in [3.05, 3.63) is 59.7 Å². The third-order valence-corrected chi connectivity index (χ3v) is 3.99. The molecule has 1 amide bonds. The Hall–Kier alpha value is -2.37. The largest absolute Gasteiger partial charge is 0.497 e. The number of ether oxygens (including phenoxy) is 1. The number of hydrogen-bond acceptors (Lipinski definition) is 4. The normalized spacial score (nSPS) is 21.1. The van der Waals surface area contributed by atoms with E-state index in [1.54, 1.807) is 55.6 Å².